The van der Waals surface area contributed by atoms with Crippen LogP contribution in [0, 0.1) is 13.1 Å². The van der Waals surface area contributed by atoms with Crippen LogP contribution in [-0.2, 0) is 0 Å². The summed E-state index contributed by atoms with van der Waals surface area (Å²) < 4.78 is 1.65. The molecule has 0 saturated carbocycles. The lowest BCUT2D eigenvalue weighted by Crippen LogP contribution is -1.79. The zero-order valence-corrected chi connectivity index (χ0v) is 5.64. The Balaban J connectivity index is 2.92. The fourth-order valence-corrected chi connectivity index (χ4v) is 1.36. The molecule has 0 aliphatic heterocycles. The van der Waals surface area contributed by atoms with E-state index >= 15 is 0 Å². The van der Waals surface area contributed by atoms with Crippen LogP contribution >= 0.6 is 11.3 Å². The Hall–Kier alpha value is -0.900. The van der Waals surface area contributed by atoms with Crippen molar-refractivity contribution in [3.8, 4) is 0 Å². The largest absolute Gasteiger partial charge is 0.225 e. The molecule has 0 atom stereocenters. The molecule has 0 fully saturated rings. The Morgan fingerprint density at radius 1 is 1.78 bits per heavy atom. The molecule has 0 saturated heterocycles. The van der Waals surface area contributed by atoms with Gasteiger partial charge in [-0.25, -0.2) is 9.50 Å². The number of fused-ring (bicyclic) bond motifs is 1. The van der Waals surface area contributed by atoms with E-state index in [0.717, 1.165) is 9.97 Å². The van der Waals surface area contributed by atoms with Gasteiger partial charge in [-0.2, -0.15) is 5.10 Å². The average molecular weight is 138 g/mol. The van der Waals surface area contributed by atoms with E-state index in [2.05, 4.69) is 16.3 Å². The third kappa shape index (κ3) is 0.632. The number of aryl methyl sites for hydroxylation is 1. The van der Waals surface area contributed by atoms with E-state index in [0.29, 0.717) is 0 Å². The number of rotatable bonds is 0. The van der Waals surface area contributed by atoms with Gasteiger partial charge in [0.15, 0.2) is 0 Å². The molecule has 2 heterocycles. The van der Waals surface area contributed by atoms with Gasteiger partial charge in [0.1, 0.15) is 11.2 Å². The van der Waals surface area contributed by atoms with Crippen molar-refractivity contribution in [2.24, 2.45) is 0 Å². The van der Waals surface area contributed by atoms with Crippen LogP contribution < -0.4 is 0 Å². The Kier molecular flexibility index (Phi) is 0.843. The Morgan fingerprint density at radius 3 is 3.44 bits per heavy atom. The topological polar surface area (TPSA) is 30.2 Å². The van der Waals surface area contributed by atoms with Crippen molar-refractivity contribution >= 4 is 16.3 Å². The molecule has 9 heavy (non-hydrogen) atoms. The summed E-state index contributed by atoms with van der Waals surface area (Å²) in [6.45, 7) is 1.95. The summed E-state index contributed by atoms with van der Waals surface area (Å²) in [5.74, 6) is 0. The lowest BCUT2D eigenvalue weighted by Gasteiger charge is -1.70. The second-order valence-electron chi connectivity index (χ2n) is 1.70. The highest BCUT2D eigenvalue weighted by molar-refractivity contribution is 7.16. The van der Waals surface area contributed by atoms with E-state index in [1.807, 2.05) is 6.92 Å². The molecule has 0 spiro atoms. The van der Waals surface area contributed by atoms with Crippen molar-refractivity contribution in [3.05, 3.63) is 17.4 Å². The van der Waals surface area contributed by atoms with Crippen LogP contribution in [0.5, 0.6) is 0 Å². The Morgan fingerprint density at radius 2 is 2.67 bits per heavy atom. The summed E-state index contributed by atoms with van der Waals surface area (Å²) in [5, 5.41) is 5.11. The lowest BCUT2D eigenvalue weighted by atomic mass is 10.9. The van der Waals surface area contributed by atoms with Gasteiger partial charge in [-0.15, -0.1) is 0 Å². The fraction of sp³-hybridized carbons (Fsp3) is 0.200. The van der Waals surface area contributed by atoms with Gasteiger partial charge in [0.25, 0.3) is 0 Å². The molecule has 3 nitrogen and oxygen atoms in total. The maximum Gasteiger partial charge on any atom is 0.212 e. The Bertz CT molecular complexity index is 293. The van der Waals surface area contributed by atoms with E-state index in [-0.39, 0.29) is 0 Å². The molecule has 0 aromatic carbocycles. The first kappa shape index (κ1) is 4.93. The normalized spacial score (nSPS) is 10.8. The van der Waals surface area contributed by atoms with Gasteiger partial charge in [0.05, 0.1) is 6.20 Å². The number of imidazole rings is 1. The Labute approximate surface area is 56.0 Å². The zero-order valence-electron chi connectivity index (χ0n) is 4.83. The first-order valence-electron chi connectivity index (χ1n) is 2.55. The first-order valence-corrected chi connectivity index (χ1v) is 3.37. The van der Waals surface area contributed by atoms with Crippen molar-refractivity contribution in [2.45, 2.75) is 6.92 Å². The second-order valence-corrected chi connectivity index (χ2v) is 2.86. The molecule has 0 aliphatic carbocycles. The van der Waals surface area contributed by atoms with Gasteiger partial charge in [0, 0.05) is 0 Å². The van der Waals surface area contributed by atoms with Gasteiger partial charge in [0.2, 0.25) is 4.96 Å². The molecular weight excluding hydrogens is 134 g/mol. The number of hydrogen-bond donors (Lipinski definition) is 0. The van der Waals surface area contributed by atoms with Gasteiger partial charge < -0.3 is 0 Å². The van der Waals surface area contributed by atoms with E-state index in [4.69, 9.17) is 0 Å². The summed E-state index contributed by atoms with van der Waals surface area (Å²) in [5.41, 5.74) is 0. The molecule has 0 amide bonds. The molecule has 1 radical (unpaired) electrons. The minimum atomic E-state index is 0.910. The van der Waals surface area contributed by atoms with Crippen LogP contribution in [-0.4, -0.2) is 14.6 Å². The van der Waals surface area contributed by atoms with Crippen molar-refractivity contribution in [3.63, 3.8) is 0 Å². The van der Waals surface area contributed by atoms with E-state index in [1.54, 1.807) is 22.0 Å². The number of nitrogens with zero attached hydrogens (tertiary/aromatic N) is 3. The van der Waals surface area contributed by atoms with Gasteiger partial charge >= 0.3 is 0 Å². The molecule has 2 aromatic heterocycles. The van der Waals surface area contributed by atoms with Crippen LogP contribution in [0.15, 0.2) is 6.20 Å². The molecule has 0 N–H and O–H groups in total. The van der Waals surface area contributed by atoms with E-state index in [1.165, 1.54) is 0 Å². The van der Waals surface area contributed by atoms with Gasteiger partial charge in [-0.3, -0.25) is 0 Å². The molecule has 2 aromatic rings. The summed E-state index contributed by atoms with van der Waals surface area (Å²) in [4.78, 5) is 4.91. The van der Waals surface area contributed by atoms with Crippen LogP contribution in [0.3, 0.4) is 0 Å². The summed E-state index contributed by atoms with van der Waals surface area (Å²) in [7, 11) is 0. The van der Waals surface area contributed by atoms with Crippen LogP contribution in [0.4, 0.5) is 0 Å². The van der Waals surface area contributed by atoms with Crippen molar-refractivity contribution in [1.82, 2.24) is 14.6 Å². The molecule has 0 unspecified atom stereocenters. The minimum Gasteiger partial charge on any atom is -0.225 e. The molecule has 0 aliphatic rings. The van der Waals surface area contributed by atoms with Crippen LogP contribution in [0.2, 0.25) is 0 Å². The van der Waals surface area contributed by atoms with Crippen LogP contribution in [0.1, 0.15) is 5.01 Å². The van der Waals surface area contributed by atoms with Crippen molar-refractivity contribution in [2.75, 3.05) is 0 Å². The monoisotopic (exact) mass is 138 g/mol. The molecule has 4 heteroatoms. The van der Waals surface area contributed by atoms with Crippen molar-refractivity contribution < 1.29 is 0 Å². The molecule has 45 valence electrons. The molecular formula is C5H4N3S. The maximum atomic E-state index is 4.09. The summed E-state index contributed by atoms with van der Waals surface area (Å²) in [6.07, 6.45) is 4.47. The predicted octanol–water partition coefficient (Wildman–Crippen LogP) is 0.899. The predicted molar refractivity (Wildman–Crippen MR) is 34.4 cm³/mol. The second kappa shape index (κ2) is 1.54. The smallest absolute Gasteiger partial charge is 0.212 e. The van der Waals surface area contributed by atoms with Gasteiger partial charge in [-0.05, 0) is 6.92 Å². The molecule has 0 bridgehead atoms. The minimum absolute atomic E-state index is 0.910. The average Bonchev–Trinajstić information content (AvgIpc) is 2.22. The highest BCUT2D eigenvalue weighted by atomic mass is 32.1. The maximum absolute atomic E-state index is 4.09. The fourth-order valence-electron chi connectivity index (χ4n) is 0.683. The standard InChI is InChI=1S/C5H4N3S/c1-4-7-8-3-2-6-5(8)9-4/h2H,1H3. The zero-order chi connectivity index (χ0) is 6.27. The quantitative estimate of drug-likeness (QED) is 0.541. The van der Waals surface area contributed by atoms with E-state index < -0.39 is 0 Å². The number of hydrogen-bond acceptors (Lipinski definition) is 3. The summed E-state index contributed by atoms with van der Waals surface area (Å²) in [6, 6.07) is 0. The highest BCUT2D eigenvalue weighted by Gasteiger charge is 1.97. The van der Waals surface area contributed by atoms with E-state index in [9.17, 15) is 0 Å². The molecule has 2 rings (SSSR count). The van der Waals surface area contributed by atoms with Crippen LogP contribution in [0.25, 0.3) is 4.96 Å². The SMILES string of the molecule is Cc1nn2[c]cnc2s1. The first-order chi connectivity index (χ1) is 4.36. The third-order valence-electron chi connectivity index (χ3n) is 1.02. The summed E-state index contributed by atoms with van der Waals surface area (Å²) >= 11 is 1.57. The number of aromatic nitrogens is 3. The lowest BCUT2D eigenvalue weighted by molar-refractivity contribution is 0.939. The van der Waals surface area contributed by atoms with Crippen molar-refractivity contribution in [1.29, 1.82) is 0 Å². The third-order valence-corrected chi connectivity index (χ3v) is 1.85. The highest BCUT2D eigenvalue weighted by Crippen LogP contribution is 2.09. The van der Waals surface area contributed by atoms with Gasteiger partial charge in [-0.1, -0.05) is 11.3 Å².